The van der Waals surface area contributed by atoms with Gasteiger partial charge in [-0.05, 0) is 42.7 Å². The second kappa shape index (κ2) is 4.98. The van der Waals surface area contributed by atoms with Crippen LogP contribution in [0.2, 0.25) is 0 Å². The fourth-order valence-electron chi connectivity index (χ4n) is 2.30. The highest BCUT2D eigenvalue weighted by Crippen LogP contribution is 2.31. The summed E-state index contributed by atoms with van der Waals surface area (Å²) in [6.07, 6.45) is 0.262. The number of nitrogens with zero attached hydrogens (tertiary/aromatic N) is 1. The Hall–Kier alpha value is -2.33. The quantitative estimate of drug-likeness (QED) is 0.786. The van der Waals surface area contributed by atoms with E-state index in [4.69, 9.17) is 14.9 Å². The number of para-hydroxylation sites is 2. The molecule has 0 atom stereocenters. The molecule has 0 saturated heterocycles. The summed E-state index contributed by atoms with van der Waals surface area (Å²) in [5.74, 6) is 0.772. The maximum Gasteiger partial charge on any atom is 0.400 e. The van der Waals surface area contributed by atoms with E-state index in [2.05, 4.69) is 4.98 Å². The highest BCUT2D eigenvalue weighted by molar-refractivity contribution is 5.72. The van der Waals surface area contributed by atoms with Gasteiger partial charge in [0.1, 0.15) is 11.3 Å². The normalized spacial score (nSPS) is 10.9. The Balaban J connectivity index is 1.98. The predicted octanol–water partition coefficient (Wildman–Crippen LogP) is 3.70. The molecular formula is C16H16N2O2. The predicted molar refractivity (Wildman–Crippen MR) is 77.9 cm³/mol. The zero-order valence-corrected chi connectivity index (χ0v) is 11.5. The molecule has 0 unspecified atom stereocenters. The van der Waals surface area contributed by atoms with E-state index in [1.165, 1.54) is 0 Å². The molecule has 3 rings (SSSR count). The number of benzene rings is 2. The van der Waals surface area contributed by atoms with E-state index in [1.807, 2.05) is 50.2 Å². The van der Waals surface area contributed by atoms with E-state index in [0.29, 0.717) is 6.54 Å². The van der Waals surface area contributed by atoms with Crippen LogP contribution in [0.15, 0.2) is 40.8 Å². The fourth-order valence-corrected chi connectivity index (χ4v) is 2.30. The summed E-state index contributed by atoms with van der Waals surface area (Å²) in [5, 5.41) is 0. The van der Waals surface area contributed by atoms with Gasteiger partial charge >= 0.3 is 6.08 Å². The number of fused-ring (bicyclic) bond motifs is 1. The number of rotatable bonds is 3. The van der Waals surface area contributed by atoms with Gasteiger partial charge in [0.05, 0.1) is 0 Å². The third kappa shape index (κ3) is 2.26. The van der Waals surface area contributed by atoms with E-state index >= 15 is 0 Å². The fraction of sp³-hybridized carbons (Fsp3) is 0.188. The molecule has 1 heterocycles. The molecule has 0 amide bonds. The van der Waals surface area contributed by atoms with Crippen molar-refractivity contribution in [3.8, 4) is 11.8 Å². The van der Waals surface area contributed by atoms with Crippen LogP contribution >= 0.6 is 0 Å². The van der Waals surface area contributed by atoms with Gasteiger partial charge in [-0.15, -0.1) is 0 Å². The van der Waals surface area contributed by atoms with Crippen LogP contribution in [0.4, 0.5) is 0 Å². The lowest BCUT2D eigenvalue weighted by Crippen LogP contribution is -1.99. The van der Waals surface area contributed by atoms with Crippen LogP contribution in [0.25, 0.3) is 11.1 Å². The van der Waals surface area contributed by atoms with Crippen LogP contribution < -0.4 is 10.5 Å². The van der Waals surface area contributed by atoms with Crippen molar-refractivity contribution >= 4 is 11.1 Å². The Labute approximate surface area is 117 Å². The van der Waals surface area contributed by atoms with Gasteiger partial charge in [-0.3, -0.25) is 0 Å². The first kappa shape index (κ1) is 12.7. The van der Waals surface area contributed by atoms with E-state index in [1.54, 1.807) is 0 Å². The van der Waals surface area contributed by atoms with Crippen molar-refractivity contribution in [1.82, 2.24) is 4.98 Å². The SMILES string of the molecule is Cc1cc(CN)cc(C)c1Oc1nc2ccccc2o1. The molecule has 2 N–H and O–H groups in total. The summed E-state index contributed by atoms with van der Waals surface area (Å²) >= 11 is 0. The van der Waals surface area contributed by atoms with Gasteiger partial charge in [-0.2, -0.15) is 4.98 Å². The second-order valence-electron chi connectivity index (χ2n) is 4.81. The Bertz CT molecular complexity index is 706. The summed E-state index contributed by atoms with van der Waals surface area (Å²) < 4.78 is 11.4. The van der Waals surface area contributed by atoms with Crippen LogP contribution in [0.1, 0.15) is 16.7 Å². The lowest BCUT2D eigenvalue weighted by Gasteiger charge is -2.10. The van der Waals surface area contributed by atoms with Crippen LogP contribution in [0.3, 0.4) is 0 Å². The molecule has 3 aromatic rings. The summed E-state index contributed by atoms with van der Waals surface area (Å²) in [6, 6.07) is 11.6. The molecule has 0 bridgehead atoms. The van der Waals surface area contributed by atoms with Crippen molar-refractivity contribution in [3.05, 3.63) is 53.1 Å². The molecular weight excluding hydrogens is 252 g/mol. The van der Waals surface area contributed by atoms with Crippen molar-refractivity contribution in [2.24, 2.45) is 5.73 Å². The molecule has 0 radical (unpaired) electrons. The number of nitrogens with two attached hydrogens (primary N) is 1. The molecule has 0 aliphatic rings. The first-order chi connectivity index (χ1) is 9.67. The molecule has 4 nitrogen and oxygen atoms in total. The molecule has 1 aromatic heterocycles. The summed E-state index contributed by atoms with van der Waals surface area (Å²) in [5.41, 5.74) is 10.3. The summed E-state index contributed by atoms with van der Waals surface area (Å²) in [6.45, 7) is 4.50. The topological polar surface area (TPSA) is 61.3 Å². The largest absolute Gasteiger partial charge is 0.410 e. The minimum Gasteiger partial charge on any atom is -0.410 e. The van der Waals surface area contributed by atoms with Crippen molar-refractivity contribution < 1.29 is 9.15 Å². The van der Waals surface area contributed by atoms with Gasteiger partial charge in [0.25, 0.3) is 0 Å². The van der Waals surface area contributed by atoms with Crippen LogP contribution in [-0.2, 0) is 6.54 Å². The number of hydrogen-bond acceptors (Lipinski definition) is 4. The van der Waals surface area contributed by atoms with Gasteiger partial charge in [-0.25, -0.2) is 0 Å². The first-order valence-corrected chi connectivity index (χ1v) is 6.51. The maximum absolute atomic E-state index is 5.81. The molecule has 102 valence electrons. The standard InChI is InChI=1S/C16H16N2O2/c1-10-7-12(9-17)8-11(2)15(10)20-16-18-13-5-3-4-6-14(13)19-16/h3-8H,9,17H2,1-2H3. The zero-order valence-electron chi connectivity index (χ0n) is 11.5. The molecule has 0 spiro atoms. The van der Waals surface area contributed by atoms with Gasteiger partial charge in [0.15, 0.2) is 5.58 Å². The molecule has 0 aliphatic carbocycles. The van der Waals surface area contributed by atoms with Crippen molar-refractivity contribution in [3.63, 3.8) is 0 Å². The van der Waals surface area contributed by atoms with Crippen molar-refractivity contribution in [2.75, 3.05) is 0 Å². The third-order valence-corrected chi connectivity index (χ3v) is 3.22. The van der Waals surface area contributed by atoms with E-state index in [-0.39, 0.29) is 6.08 Å². The molecule has 0 aliphatic heterocycles. The number of aryl methyl sites for hydroxylation is 2. The molecule has 0 saturated carbocycles. The lowest BCUT2D eigenvalue weighted by atomic mass is 10.1. The summed E-state index contributed by atoms with van der Waals surface area (Å²) in [7, 11) is 0. The summed E-state index contributed by atoms with van der Waals surface area (Å²) in [4.78, 5) is 4.32. The van der Waals surface area contributed by atoms with E-state index < -0.39 is 0 Å². The Kier molecular flexibility index (Phi) is 3.16. The molecule has 4 heteroatoms. The minimum atomic E-state index is 0.262. The molecule has 0 fully saturated rings. The van der Waals surface area contributed by atoms with Gasteiger partial charge < -0.3 is 14.9 Å². The van der Waals surface area contributed by atoms with Crippen LogP contribution in [-0.4, -0.2) is 4.98 Å². The third-order valence-electron chi connectivity index (χ3n) is 3.22. The van der Waals surface area contributed by atoms with Gasteiger partial charge in [0.2, 0.25) is 0 Å². The number of aromatic nitrogens is 1. The van der Waals surface area contributed by atoms with Crippen LogP contribution in [0.5, 0.6) is 11.8 Å². The zero-order chi connectivity index (χ0) is 14.1. The number of ether oxygens (including phenoxy) is 1. The van der Waals surface area contributed by atoms with Gasteiger partial charge in [-0.1, -0.05) is 24.3 Å². The molecule has 20 heavy (non-hydrogen) atoms. The second-order valence-corrected chi connectivity index (χ2v) is 4.81. The number of hydrogen-bond donors (Lipinski definition) is 1. The lowest BCUT2D eigenvalue weighted by molar-refractivity contribution is 0.339. The van der Waals surface area contributed by atoms with Gasteiger partial charge in [0, 0.05) is 6.54 Å². The average Bonchev–Trinajstić information content (AvgIpc) is 2.85. The van der Waals surface area contributed by atoms with Crippen LogP contribution in [0, 0.1) is 13.8 Å². The highest BCUT2D eigenvalue weighted by atomic mass is 16.6. The molecule has 2 aromatic carbocycles. The highest BCUT2D eigenvalue weighted by Gasteiger charge is 2.12. The average molecular weight is 268 g/mol. The monoisotopic (exact) mass is 268 g/mol. The maximum atomic E-state index is 5.81. The van der Waals surface area contributed by atoms with E-state index in [9.17, 15) is 0 Å². The van der Waals surface area contributed by atoms with Crippen molar-refractivity contribution in [1.29, 1.82) is 0 Å². The minimum absolute atomic E-state index is 0.262. The smallest absolute Gasteiger partial charge is 0.400 e. The van der Waals surface area contributed by atoms with E-state index in [0.717, 1.165) is 33.5 Å². The Morgan fingerprint density at radius 3 is 2.50 bits per heavy atom. The first-order valence-electron chi connectivity index (χ1n) is 6.51. The van der Waals surface area contributed by atoms with Crippen molar-refractivity contribution in [2.45, 2.75) is 20.4 Å². The Morgan fingerprint density at radius 2 is 1.85 bits per heavy atom. The number of oxazole rings is 1. The Morgan fingerprint density at radius 1 is 1.15 bits per heavy atom.